The molecule has 2 aliphatic heterocycles. The van der Waals surface area contributed by atoms with E-state index >= 15 is 0 Å². The van der Waals surface area contributed by atoms with E-state index in [1.807, 2.05) is 54.9 Å². The molecule has 0 atom stereocenters. The number of piperidine rings is 1. The molecule has 9 heteroatoms. The Balaban J connectivity index is 1.53. The van der Waals surface area contributed by atoms with Gasteiger partial charge in [0.1, 0.15) is 11.4 Å². The predicted molar refractivity (Wildman–Crippen MR) is 148 cm³/mol. The van der Waals surface area contributed by atoms with E-state index in [9.17, 15) is 4.79 Å². The number of benzene rings is 2. The van der Waals surface area contributed by atoms with E-state index in [0.717, 1.165) is 65.6 Å². The highest BCUT2D eigenvalue weighted by Crippen LogP contribution is 2.41. The van der Waals surface area contributed by atoms with E-state index < -0.39 is 0 Å². The number of hydrogen-bond donors (Lipinski definition) is 0. The molecule has 2 aliphatic rings. The molecule has 0 aliphatic carbocycles. The number of nitrogens with zero attached hydrogens (tertiary/aromatic N) is 7. The van der Waals surface area contributed by atoms with Crippen LogP contribution < -0.4 is 14.5 Å². The minimum atomic E-state index is -0.0782. The Morgan fingerprint density at radius 3 is 2.53 bits per heavy atom. The summed E-state index contributed by atoms with van der Waals surface area (Å²) in [4.78, 5) is 32.0. The monoisotopic (exact) mass is 507 g/mol. The zero-order valence-electron chi connectivity index (χ0n) is 21.8. The van der Waals surface area contributed by atoms with Crippen LogP contribution in [-0.4, -0.2) is 72.1 Å². The second kappa shape index (κ2) is 9.47. The number of likely N-dealkylation sites (N-methyl/N-ethyl adjacent to an activating group) is 1. The van der Waals surface area contributed by atoms with E-state index in [0.29, 0.717) is 17.5 Å². The van der Waals surface area contributed by atoms with Crippen LogP contribution in [0, 0.1) is 6.57 Å². The normalized spacial score (nSPS) is 16.0. The van der Waals surface area contributed by atoms with Crippen molar-refractivity contribution in [3.05, 3.63) is 66.3 Å². The molecule has 0 saturated carbocycles. The van der Waals surface area contributed by atoms with Gasteiger partial charge in [-0.1, -0.05) is 30.3 Å². The van der Waals surface area contributed by atoms with Crippen molar-refractivity contribution in [3.63, 3.8) is 0 Å². The van der Waals surface area contributed by atoms with Crippen molar-refractivity contribution in [1.29, 1.82) is 0 Å². The van der Waals surface area contributed by atoms with Crippen LogP contribution >= 0.6 is 0 Å². The number of anilines is 2. The fourth-order valence-corrected chi connectivity index (χ4v) is 5.37. The summed E-state index contributed by atoms with van der Waals surface area (Å²) in [5.41, 5.74) is 5.60. The molecular formula is C29H29N7O2. The predicted octanol–water partition coefficient (Wildman–Crippen LogP) is 4.50. The van der Waals surface area contributed by atoms with Gasteiger partial charge in [-0.25, -0.2) is 14.8 Å². The maximum atomic E-state index is 12.1. The molecule has 0 bridgehead atoms. The van der Waals surface area contributed by atoms with Gasteiger partial charge < -0.3 is 19.4 Å². The van der Waals surface area contributed by atoms with Gasteiger partial charge in [-0.15, -0.1) is 0 Å². The highest BCUT2D eigenvalue weighted by atomic mass is 16.5. The molecular weight excluding hydrogens is 478 g/mol. The molecule has 1 amide bonds. The highest BCUT2D eigenvalue weighted by Gasteiger charge is 2.27. The summed E-state index contributed by atoms with van der Waals surface area (Å²) in [6, 6.07) is 14.0. The molecule has 9 nitrogen and oxygen atoms in total. The van der Waals surface area contributed by atoms with Crippen LogP contribution in [0.1, 0.15) is 12.8 Å². The molecule has 1 fully saturated rings. The molecule has 0 radical (unpaired) electrons. The number of carbonyl (C=O) groups is 1. The van der Waals surface area contributed by atoms with Crippen LogP contribution in [0.5, 0.6) is 5.75 Å². The van der Waals surface area contributed by atoms with Gasteiger partial charge in [0, 0.05) is 38.6 Å². The average Bonchev–Trinajstić information content (AvgIpc) is 3.44. The Labute approximate surface area is 221 Å². The van der Waals surface area contributed by atoms with Gasteiger partial charge in [0.05, 0.1) is 23.5 Å². The summed E-state index contributed by atoms with van der Waals surface area (Å²) in [6.07, 6.45) is 5.91. The minimum Gasteiger partial charge on any atom is -0.482 e. The Bertz CT molecular complexity index is 1560. The summed E-state index contributed by atoms with van der Waals surface area (Å²) in [6.45, 7) is 9.19. The smallest absolute Gasteiger partial charge is 0.264 e. The zero-order chi connectivity index (χ0) is 26.4. The van der Waals surface area contributed by atoms with Crippen molar-refractivity contribution in [2.45, 2.75) is 18.9 Å². The van der Waals surface area contributed by atoms with E-state index in [4.69, 9.17) is 21.3 Å². The van der Waals surface area contributed by atoms with Gasteiger partial charge in [-0.05, 0) is 50.2 Å². The van der Waals surface area contributed by atoms with Crippen molar-refractivity contribution < 1.29 is 9.53 Å². The number of fused-ring (bicyclic) bond motifs is 2. The third-order valence-electron chi connectivity index (χ3n) is 7.61. The largest absolute Gasteiger partial charge is 0.482 e. The van der Waals surface area contributed by atoms with Gasteiger partial charge in [-0.2, -0.15) is 0 Å². The van der Waals surface area contributed by atoms with Gasteiger partial charge in [0.2, 0.25) is 5.95 Å². The van der Waals surface area contributed by atoms with Gasteiger partial charge >= 0.3 is 0 Å². The Morgan fingerprint density at radius 2 is 1.82 bits per heavy atom. The Hall–Kier alpha value is -4.42. The van der Waals surface area contributed by atoms with Crippen LogP contribution in [0.3, 0.4) is 0 Å². The molecule has 38 heavy (non-hydrogen) atoms. The Kier molecular flexibility index (Phi) is 5.97. The summed E-state index contributed by atoms with van der Waals surface area (Å²) in [5, 5.41) is 0. The molecule has 192 valence electrons. The number of imidazole rings is 1. The third-order valence-corrected chi connectivity index (χ3v) is 7.61. The molecule has 0 unspecified atom stereocenters. The first kappa shape index (κ1) is 23.9. The van der Waals surface area contributed by atoms with Gasteiger partial charge in [-0.3, -0.25) is 9.20 Å². The first-order valence-corrected chi connectivity index (χ1v) is 12.7. The number of ether oxygens (including phenoxy) is 1. The SMILES string of the molecule is [C-]#[N+]c1ccc(-c2nc(N3CCC(N(C)C)CC3)n3ccnc3c2-c2ccc3c(c2)OCC(=O)N3C)cc1. The molecule has 4 heterocycles. The molecule has 0 N–H and O–H groups in total. The fourth-order valence-electron chi connectivity index (χ4n) is 5.37. The third kappa shape index (κ3) is 4.03. The maximum absolute atomic E-state index is 12.1. The lowest BCUT2D eigenvalue weighted by Gasteiger charge is -2.36. The molecule has 6 rings (SSSR count). The average molecular weight is 508 g/mol. The summed E-state index contributed by atoms with van der Waals surface area (Å²) < 4.78 is 7.87. The van der Waals surface area contributed by atoms with E-state index in [-0.39, 0.29) is 12.5 Å². The number of hydrogen-bond acceptors (Lipinski definition) is 6. The van der Waals surface area contributed by atoms with E-state index in [1.54, 1.807) is 11.9 Å². The van der Waals surface area contributed by atoms with Crippen molar-refractivity contribution in [1.82, 2.24) is 19.3 Å². The Morgan fingerprint density at radius 1 is 1.08 bits per heavy atom. The van der Waals surface area contributed by atoms with Crippen LogP contribution in [0.2, 0.25) is 0 Å². The summed E-state index contributed by atoms with van der Waals surface area (Å²) in [7, 11) is 6.04. The van der Waals surface area contributed by atoms with Crippen LogP contribution in [0.25, 0.3) is 32.9 Å². The fraction of sp³-hybridized carbons (Fsp3) is 0.310. The van der Waals surface area contributed by atoms with Gasteiger partial charge in [0.25, 0.3) is 5.91 Å². The lowest BCUT2D eigenvalue weighted by atomic mass is 9.98. The number of aromatic nitrogens is 3. The quantitative estimate of drug-likeness (QED) is 0.379. The maximum Gasteiger partial charge on any atom is 0.264 e. The standard InChI is InChI=1S/C29H29N7O2/c1-30-21-8-5-19(6-9-21)27-26(20-7-10-23-24(17-20)38-18-25(37)34(23)4)28-31-13-16-36(28)29(32-27)35-14-11-22(12-15-35)33(2)3/h5-10,13,16-17,22H,11-12,14-15,18H2,2-4H3. The summed E-state index contributed by atoms with van der Waals surface area (Å²) >= 11 is 0. The number of carbonyl (C=O) groups excluding carboxylic acids is 1. The van der Waals surface area contributed by atoms with Gasteiger partial charge in [0.15, 0.2) is 12.3 Å². The zero-order valence-corrected chi connectivity index (χ0v) is 21.8. The van der Waals surface area contributed by atoms with Crippen molar-refractivity contribution in [3.8, 4) is 28.1 Å². The second-order valence-corrected chi connectivity index (χ2v) is 10.0. The molecule has 2 aromatic heterocycles. The van der Waals surface area contributed by atoms with Crippen LogP contribution in [0.15, 0.2) is 54.9 Å². The summed E-state index contributed by atoms with van der Waals surface area (Å²) in [5.74, 6) is 1.44. The van der Waals surface area contributed by atoms with E-state index in [2.05, 4.69) is 33.1 Å². The molecule has 0 spiro atoms. The number of amides is 1. The first-order chi connectivity index (χ1) is 18.4. The van der Waals surface area contributed by atoms with Crippen molar-refractivity contribution in [2.24, 2.45) is 0 Å². The molecule has 4 aromatic rings. The van der Waals surface area contributed by atoms with E-state index in [1.165, 1.54) is 0 Å². The van der Waals surface area contributed by atoms with Crippen molar-refractivity contribution in [2.75, 3.05) is 50.6 Å². The van der Waals surface area contributed by atoms with Crippen LogP contribution in [-0.2, 0) is 4.79 Å². The number of rotatable bonds is 4. The topological polar surface area (TPSA) is 70.6 Å². The minimum absolute atomic E-state index is 0.0107. The lowest BCUT2D eigenvalue weighted by molar-refractivity contribution is -0.120. The van der Waals surface area contributed by atoms with Crippen molar-refractivity contribution >= 4 is 28.9 Å². The molecule has 1 saturated heterocycles. The van der Waals surface area contributed by atoms with Crippen LogP contribution in [0.4, 0.5) is 17.3 Å². The molecule has 2 aromatic carbocycles. The highest BCUT2D eigenvalue weighted by molar-refractivity contribution is 5.99. The first-order valence-electron chi connectivity index (χ1n) is 12.7. The lowest BCUT2D eigenvalue weighted by Crippen LogP contribution is -2.43. The second-order valence-electron chi connectivity index (χ2n) is 10.0.